The smallest absolute Gasteiger partial charge is 0.191 e. The lowest BCUT2D eigenvalue weighted by atomic mass is 10.2. The number of hydrogen-bond donors (Lipinski definition) is 0. The summed E-state index contributed by atoms with van der Waals surface area (Å²) in [6.07, 6.45) is 0. The number of aromatic nitrogens is 3. The van der Waals surface area contributed by atoms with Crippen molar-refractivity contribution < 1.29 is 4.74 Å². The molecule has 0 spiro atoms. The zero-order chi connectivity index (χ0) is 18.5. The predicted octanol–water partition coefficient (Wildman–Crippen LogP) is 5.78. The van der Waals surface area contributed by atoms with Crippen LogP contribution in [-0.2, 0) is 18.9 Å². The summed E-state index contributed by atoms with van der Waals surface area (Å²) in [6, 6.07) is 13.4. The van der Waals surface area contributed by atoms with Crippen molar-refractivity contribution in [1.82, 2.24) is 14.8 Å². The van der Waals surface area contributed by atoms with Crippen LogP contribution < -0.4 is 4.74 Å². The molecule has 1 aromatic heterocycles. The van der Waals surface area contributed by atoms with Crippen LogP contribution in [0.2, 0.25) is 10.0 Å². The van der Waals surface area contributed by atoms with E-state index in [1.54, 1.807) is 11.8 Å². The maximum absolute atomic E-state index is 6.23. The van der Waals surface area contributed by atoms with Crippen molar-refractivity contribution in [3.8, 4) is 5.75 Å². The Kier molecular flexibility index (Phi) is 6.46. The van der Waals surface area contributed by atoms with Gasteiger partial charge >= 0.3 is 0 Å². The van der Waals surface area contributed by atoms with Crippen LogP contribution in [0.1, 0.15) is 23.9 Å². The molecule has 0 saturated carbocycles. The second kappa shape index (κ2) is 8.80. The van der Waals surface area contributed by atoms with Crippen LogP contribution in [0.3, 0.4) is 0 Å². The summed E-state index contributed by atoms with van der Waals surface area (Å²) in [4.78, 5) is 0. The van der Waals surface area contributed by atoms with E-state index in [0.29, 0.717) is 6.61 Å². The van der Waals surface area contributed by atoms with Crippen LogP contribution in [0.25, 0.3) is 0 Å². The first-order valence-electron chi connectivity index (χ1n) is 8.25. The zero-order valence-corrected chi connectivity index (χ0v) is 16.9. The van der Waals surface area contributed by atoms with Gasteiger partial charge in [0.25, 0.3) is 0 Å². The Morgan fingerprint density at radius 3 is 2.62 bits per heavy atom. The molecule has 0 aliphatic carbocycles. The van der Waals surface area contributed by atoms with Crippen molar-refractivity contribution in [3.63, 3.8) is 0 Å². The van der Waals surface area contributed by atoms with Gasteiger partial charge in [-0.1, -0.05) is 53.2 Å². The van der Waals surface area contributed by atoms with E-state index >= 15 is 0 Å². The van der Waals surface area contributed by atoms with E-state index in [1.165, 1.54) is 0 Å². The number of aryl methyl sites for hydroxylation is 1. The fourth-order valence-corrected chi connectivity index (χ4v) is 3.89. The number of halogens is 2. The summed E-state index contributed by atoms with van der Waals surface area (Å²) >= 11 is 13.9. The van der Waals surface area contributed by atoms with Crippen LogP contribution in [-0.4, -0.2) is 14.8 Å². The van der Waals surface area contributed by atoms with Crippen molar-refractivity contribution in [2.45, 2.75) is 37.9 Å². The summed E-state index contributed by atoms with van der Waals surface area (Å²) in [5.41, 5.74) is 2.07. The predicted molar refractivity (Wildman–Crippen MR) is 107 cm³/mol. The van der Waals surface area contributed by atoms with Gasteiger partial charge in [-0.3, -0.25) is 0 Å². The Morgan fingerprint density at radius 1 is 1.08 bits per heavy atom. The van der Waals surface area contributed by atoms with E-state index in [-0.39, 0.29) is 0 Å². The molecule has 0 saturated heterocycles. The van der Waals surface area contributed by atoms with Gasteiger partial charge in [-0.2, -0.15) is 0 Å². The molecule has 26 heavy (non-hydrogen) atoms. The highest BCUT2D eigenvalue weighted by Crippen LogP contribution is 2.26. The molecule has 1 heterocycles. The average molecular weight is 408 g/mol. The normalized spacial score (nSPS) is 10.9. The van der Waals surface area contributed by atoms with Crippen LogP contribution in [0, 0.1) is 6.92 Å². The topological polar surface area (TPSA) is 39.9 Å². The van der Waals surface area contributed by atoms with E-state index in [4.69, 9.17) is 27.9 Å². The average Bonchev–Trinajstić information content (AvgIpc) is 3.04. The minimum atomic E-state index is 0.356. The van der Waals surface area contributed by atoms with E-state index in [9.17, 15) is 0 Å². The third kappa shape index (κ3) is 4.53. The molecule has 0 aliphatic rings. The number of ether oxygens (including phenoxy) is 1. The van der Waals surface area contributed by atoms with Gasteiger partial charge in [0.15, 0.2) is 11.0 Å². The van der Waals surface area contributed by atoms with Crippen LogP contribution >= 0.6 is 35.0 Å². The summed E-state index contributed by atoms with van der Waals surface area (Å²) in [5, 5.41) is 10.9. The molecule has 0 radical (unpaired) electrons. The van der Waals surface area contributed by atoms with Crippen LogP contribution in [0.5, 0.6) is 5.75 Å². The van der Waals surface area contributed by atoms with Gasteiger partial charge in [0.05, 0.1) is 0 Å². The quantitative estimate of drug-likeness (QED) is 0.465. The molecular weight excluding hydrogens is 389 g/mol. The molecule has 0 unspecified atom stereocenters. The Labute approximate surface area is 167 Å². The Bertz CT molecular complexity index is 898. The number of nitrogens with zero attached hydrogens (tertiary/aromatic N) is 3. The van der Waals surface area contributed by atoms with E-state index in [0.717, 1.165) is 50.2 Å². The lowest BCUT2D eigenvalue weighted by Gasteiger charge is -2.10. The number of benzene rings is 2. The molecule has 0 N–H and O–H groups in total. The third-order valence-electron chi connectivity index (χ3n) is 3.92. The largest absolute Gasteiger partial charge is 0.486 e. The minimum absolute atomic E-state index is 0.356. The Morgan fingerprint density at radius 2 is 1.88 bits per heavy atom. The monoisotopic (exact) mass is 407 g/mol. The van der Waals surface area contributed by atoms with Gasteiger partial charge in [0.1, 0.15) is 12.4 Å². The molecule has 136 valence electrons. The van der Waals surface area contributed by atoms with Gasteiger partial charge in [-0.15, -0.1) is 10.2 Å². The van der Waals surface area contributed by atoms with Gasteiger partial charge in [0, 0.05) is 22.3 Å². The molecule has 0 amide bonds. The van der Waals surface area contributed by atoms with Gasteiger partial charge in [-0.25, -0.2) is 0 Å². The van der Waals surface area contributed by atoms with Crippen molar-refractivity contribution in [2.75, 3.05) is 0 Å². The van der Waals surface area contributed by atoms with Crippen LogP contribution in [0.4, 0.5) is 0 Å². The zero-order valence-electron chi connectivity index (χ0n) is 14.6. The van der Waals surface area contributed by atoms with E-state index < -0.39 is 0 Å². The summed E-state index contributed by atoms with van der Waals surface area (Å²) in [6.45, 7) is 5.15. The Hall–Kier alpha value is -1.69. The lowest BCUT2D eigenvalue weighted by Crippen LogP contribution is -2.07. The second-order valence-electron chi connectivity index (χ2n) is 5.72. The fraction of sp³-hybridized carbons (Fsp3) is 0.263. The highest BCUT2D eigenvalue weighted by molar-refractivity contribution is 7.98. The number of hydrogen-bond acceptors (Lipinski definition) is 4. The fourth-order valence-electron chi connectivity index (χ4n) is 2.46. The van der Waals surface area contributed by atoms with Crippen LogP contribution in [0.15, 0.2) is 47.6 Å². The molecule has 4 nitrogen and oxygen atoms in total. The first-order valence-corrected chi connectivity index (χ1v) is 10.00. The van der Waals surface area contributed by atoms with E-state index in [1.807, 2.05) is 49.4 Å². The van der Waals surface area contributed by atoms with Gasteiger partial charge in [-0.05, 0) is 49.2 Å². The van der Waals surface area contributed by atoms with Gasteiger partial charge in [0.2, 0.25) is 0 Å². The van der Waals surface area contributed by atoms with Crippen molar-refractivity contribution in [3.05, 3.63) is 69.5 Å². The second-order valence-corrected chi connectivity index (χ2v) is 7.48. The molecular formula is C19H19Cl2N3OS. The summed E-state index contributed by atoms with van der Waals surface area (Å²) in [7, 11) is 0. The molecule has 3 aromatic rings. The summed E-state index contributed by atoms with van der Waals surface area (Å²) < 4.78 is 7.91. The first-order chi connectivity index (χ1) is 12.6. The molecule has 3 rings (SSSR count). The minimum Gasteiger partial charge on any atom is -0.486 e. The molecule has 2 aromatic carbocycles. The molecule has 0 fully saturated rings. The number of rotatable bonds is 7. The third-order valence-corrected chi connectivity index (χ3v) is 5.73. The Balaban J connectivity index is 1.67. The van der Waals surface area contributed by atoms with Gasteiger partial charge < -0.3 is 9.30 Å². The van der Waals surface area contributed by atoms with E-state index in [2.05, 4.69) is 21.7 Å². The highest BCUT2D eigenvalue weighted by Gasteiger charge is 2.13. The van der Waals surface area contributed by atoms with Crippen molar-refractivity contribution in [2.24, 2.45) is 0 Å². The first kappa shape index (κ1) is 19.1. The molecule has 7 heteroatoms. The lowest BCUT2D eigenvalue weighted by molar-refractivity contribution is 0.288. The maximum atomic E-state index is 6.23. The SMILES string of the molecule is CCn1c(COc2ccc(Cl)c(C)c2)nnc1SCc1ccccc1Cl. The standard InChI is InChI=1S/C19H19Cl2N3OS/c1-3-24-18(11-25-15-8-9-16(20)13(2)10-15)22-23-19(24)26-12-14-6-4-5-7-17(14)21/h4-10H,3,11-12H2,1-2H3. The maximum Gasteiger partial charge on any atom is 0.191 e. The molecule has 0 bridgehead atoms. The van der Waals surface area contributed by atoms with Crippen molar-refractivity contribution >= 4 is 35.0 Å². The van der Waals surface area contributed by atoms with Crippen molar-refractivity contribution in [1.29, 1.82) is 0 Å². The molecule has 0 aliphatic heterocycles. The summed E-state index contributed by atoms with van der Waals surface area (Å²) in [5.74, 6) is 2.30. The number of thioether (sulfide) groups is 1. The molecule has 0 atom stereocenters. The highest BCUT2D eigenvalue weighted by atomic mass is 35.5.